The Morgan fingerprint density at radius 3 is 2.50 bits per heavy atom. The summed E-state index contributed by atoms with van der Waals surface area (Å²) in [6.45, 7) is 7.06. The Labute approximate surface area is 199 Å². The number of aryl methyl sites for hydroxylation is 1. The van der Waals surface area contributed by atoms with Gasteiger partial charge in [-0.2, -0.15) is 0 Å². The number of oxime groups is 1. The normalized spacial score (nSPS) is 11.7. The second kappa shape index (κ2) is 12.1. The van der Waals surface area contributed by atoms with E-state index < -0.39 is 0 Å². The van der Waals surface area contributed by atoms with Crippen molar-refractivity contribution in [3.8, 4) is 23.0 Å². The standard InChI is InChI=1S/C25H32N4O5/c1-5-29(12-13-31-3)15-22-23(34-25(27-22)18-6-8-19(32-4)9-7-18)16-33-20-10-11-21(17(2)14-20)24(26)28-30/h6-11,14,30H,5,12-13,15-16H2,1-4H3,(H2,26,28). The van der Waals surface area contributed by atoms with Crippen LogP contribution in [0.25, 0.3) is 11.5 Å². The molecule has 9 nitrogen and oxygen atoms in total. The van der Waals surface area contributed by atoms with Crippen LogP contribution in [0, 0.1) is 6.92 Å². The number of amidine groups is 1. The van der Waals surface area contributed by atoms with Gasteiger partial charge >= 0.3 is 0 Å². The van der Waals surface area contributed by atoms with Gasteiger partial charge < -0.3 is 29.6 Å². The number of hydrogen-bond acceptors (Lipinski definition) is 8. The minimum absolute atomic E-state index is 0.0569. The van der Waals surface area contributed by atoms with E-state index in [0.717, 1.165) is 35.7 Å². The molecule has 3 aromatic rings. The number of rotatable bonds is 12. The molecular formula is C25H32N4O5. The molecule has 34 heavy (non-hydrogen) atoms. The van der Waals surface area contributed by atoms with Gasteiger partial charge in [0.25, 0.3) is 0 Å². The molecule has 0 amide bonds. The summed E-state index contributed by atoms with van der Waals surface area (Å²) in [5.74, 6) is 2.65. The fourth-order valence-corrected chi connectivity index (χ4v) is 3.47. The van der Waals surface area contributed by atoms with Crippen LogP contribution in [-0.4, -0.2) is 54.8 Å². The smallest absolute Gasteiger partial charge is 0.226 e. The zero-order valence-corrected chi connectivity index (χ0v) is 20.1. The van der Waals surface area contributed by atoms with Gasteiger partial charge in [-0.25, -0.2) is 4.98 Å². The molecular weight excluding hydrogens is 436 g/mol. The summed E-state index contributed by atoms with van der Waals surface area (Å²) in [7, 11) is 3.32. The van der Waals surface area contributed by atoms with Gasteiger partial charge in [0.15, 0.2) is 11.6 Å². The predicted octanol–water partition coefficient (Wildman–Crippen LogP) is 3.80. The molecule has 0 spiro atoms. The molecule has 3 rings (SSSR count). The van der Waals surface area contributed by atoms with Crippen molar-refractivity contribution in [2.24, 2.45) is 10.9 Å². The van der Waals surface area contributed by atoms with Crippen LogP contribution >= 0.6 is 0 Å². The lowest BCUT2D eigenvalue weighted by atomic mass is 10.1. The third kappa shape index (κ3) is 6.27. The third-order valence-corrected chi connectivity index (χ3v) is 5.50. The van der Waals surface area contributed by atoms with Crippen LogP contribution in [0.15, 0.2) is 52.0 Å². The predicted molar refractivity (Wildman–Crippen MR) is 129 cm³/mol. The Kier molecular flexibility index (Phi) is 8.89. The van der Waals surface area contributed by atoms with E-state index in [4.69, 9.17) is 34.6 Å². The number of hydrogen-bond donors (Lipinski definition) is 2. The fraction of sp³-hybridized carbons (Fsp3) is 0.360. The van der Waals surface area contributed by atoms with Gasteiger partial charge in [0.2, 0.25) is 5.89 Å². The monoisotopic (exact) mass is 468 g/mol. The molecule has 0 saturated carbocycles. The molecule has 1 aromatic heterocycles. The maximum absolute atomic E-state index is 8.93. The van der Waals surface area contributed by atoms with Gasteiger partial charge in [0.05, 0.1) is 13.7 Å². The molecule has 0 aliphatic rings. The number of oxazole rings is 1. The molecule has 0 bridgehead atoms. The highest BCUT2D eigenvalue weighted by molar-refractivity contribution is 5.98. The van der Waals surface area contributed by atoms with Crippen molar-refractivity contribution < 1.29 is 23.8 Å². The van der Waals surface area contributed by atoms with Gasteiger partial charge in [-0.15, -0.1) is 0 Å². The third-order valence-electron chi connectivity index (χ3n) is 5.50. The van der Waals surface area contributed by atoms with Gasteiger partial charge in [-0.05, 0) is 61.5 Å². The number of nitrogens with two attached hydrogens (primary N) is 1. The lowest BCUT2D eigenvalue weighted by Crippen LogP contribution is -2.27. The van der Waals surface area contributed by atoms with E-state index in [1.807, 2.05) is 37.3 Å². The molecule has 1 heterocycles. The Hall–Kier alpha value is -3.56. The average Bonchev–Trinajstić information content (AvgIpc) is 3.27. The summed E-state index contributed by atoms with van der Waals surface area (Å²) < 4.78 is 22.7. The highest BCUT2D eigenvalue weighted by atomic mass is 16.5. The van der Waals surface area contributed by atoms with Crippen molar-refractivity contribution >= 4 is 5.84 Å². The van der Waals surface area contributed by atoms with Gasteiger partial charge in [-0.1, -0.05) is 12.1 Å². The Bertz CT molecular complexity index is 1100. The van der Waals surface area contributed by atoms with Crippen LogP contribution < -0.4 is 15.2 Å². The first-order valence-corrected chi connectivity index (χ1v) is 11.0. The topological polar surface area (TPSA) is 116 Å². The Morgan fingerprint density at radius 1 is 1.15 bits per heavy atom. The van der Waals surface area contributed by atoms with Gasteiger partial charge in [0, 0.05) is 31.3 Å². The maximum atomic E-state index is 8.93. The molecule has 0 unspecified atom stereocenters. The molecule has 9 heteroatoms. The minimum Gasteiger partial charge on any atom is -0.497 e. The van der Waals surface area contributed by atoms with E-state index in [1.165, 1.54) is 0 Å². The zero-order valence-electron chi connectivity index (χ0n) is 20.1. The van der Waals surface area contributed by atoms with E-state index in [1.54, 1.807) is 26.4 Å². The SMILES string of the molecule is CCN(CCOC)Cc1nc(-c2ccc(OC)cc2)oc1COc1ccc(/C(N)=N/O)c(C)c1. The second-order valence-corrected chi connectivity index (χ2v) is 7.73. The quantitative estimate of drug-likeness (QED) is 0.178. The molecule has 0 aliphatic carbocycles. The number of ether oxygens (including phenoxy) is 3. The lowest BCUT2D eigenvalue weighted by molar-refractivity contribution is 0.146. The number of nitrogens with zero attached hydrogens (tertiary/aromatic N) is 3. The van der Waals surface area contributed by atoms with Crippen LogP contribution in [0.1, 0.15) is 29.5 Å². The summed E-state index contributed by atoms with van der Waals surface area (Å²) in [6, 6.07) is 12.9. The highest BCUT2D eigenvalue weighted by Gasteiger charge is 2.18. The largest absolute Gasteiger partial charge is 0.497 e. The van der Waals surface area contributed by atoms with Crippen molar-refractivity contribution in [3.05, 3.63) is 65.0 Å². The summed E-state index contributed by atoms with van der Waals surface area (Å²) in [4.78, 5) is 7.01. The average molecular weight is 469 g/mol. The molecule has 3 N–H and O–H groups in total. The zero-order chi connectivity index (χ0) is 24.5. The fourth-order valence-electron chi connectivity index (χ4n) is 3.47. The van der Waals surface area contributed by atoms with Crippen molar-refractivity contribution in [3.63, 3.8) is 0 Å². The summed E-state index contributed by atoms with van der Waals surface area (Å²) >= 11 is 0. The van der Waals surface area contributed by atoms with E-state index in [-0.39, 0.29) is 12.4 Å². The number of likely N-dealkylation sites (N-methyl/N-ethyl adjacent to an activating group) is 1. The van der Waals surface area contributed by atoms with E-state index >= 15 is 0 Å². The van der Waals surface area contributed by atoms with Crippen molar-refractivity contribution in [2.45, 2.75) is 27.0 Å². The maximum Gasteiger partial charge on any atom is 0.226 e. The highest BCUT2D eigenvalue weighted by Crippen LogP contribution is 2.26. The van der Waals surface area contributed by atoms with Crippen LogP contribution in [0.4, 0.5) is 0 Å². The van der Waals surface area contributed by atoms with Crippen molar-refractivity contribution in [1.29, 1.82) is 0 Å². The van der Waals surface area contributed by atoms with Crippen molar-refractivity contribution in [2.75, 3.05) is 33.9 Å². The molecule has 0 fully saturated rings. The number of benzene rings is 2. The van der Waals surface area contributed by atoms with Gasteiger partial charge in [-0.3, -0.25) is 4.90 Å². The lowest BCUT2D eigenvalue weighted by Gasteiger charge is -2.19. The molecule has 182 valence electrons. The number of methoxy groups -OCH3 is 2. The first kappa shape index (κ1) is 25.1. The van der Waals surface area contributed by atoms with Crippen molar-refractivity contribution in [1.82, 2.24) is 9.88 Å². The summed E-state index contributed by atoms with van der Waals surface area (Å²) in [5, 5.41) is 12.0. The Morgan fingerprint density at radius 2 is 1.88 bits per heavy atom. The molecule has 0 atom stereocenters. The first-order chi connectivity index (χ1) is 16.5. The molecule has 0 saturated heterocycles. The summed E-state index contributed by atoms with van der Waals surface area (Å²) in [5.41, 5.74) is 8.86. The van der Waals surface area contributed by atoms with Crippen LogP contribution in [0.2, 0.25) is 0 Å². The second-order valence-electron chi connectivity index (χ2n) is 7.73. The molecule has 2 aromatic carbocycles. The van der Waals surface area contributed by atoms with Gasteiger partial charge in [0.1, 0.15) is 23.8 Å². The van der Waals surface area contributed by atoms with E-state index in [0.29, 0.717) is 36.1 Å². The van der Waals surface area contributed by atoms with E-state index in [9.17, 15) is 0 Å². The van der Waals surface area contributed by atoms with Crippen LogP contribution in [0.3, 0.4) is 0 Å². The number of aromatic nitrogens is 1. The first-order valence-electron chi connectivity index (χ1n) is 11.0. The molecule has 0 aliphatic heterocycles. The van der Waals surface area contributed by atoms with Crippen LogP contribution in [-0.2, 0) is 17.9 Å². The molecule has 0 radical (unpaired) electrons. The Balaban J connectivity index is 1.84. The van der Waals surface area contributed by atoms with E-state index in [2.05, 4.69) is 17.0 Å². The minimum atomic E-state index is 0.0569. The summed E-state index contributed by atoms with van der Waals surface area (Å²) in [6.07, 6.45) is 0. The van der Waals surface area contributed by atoms with Crippen LogP contribution in [0.5, 0.6) is 11.5 Å².